The van der Waals surface area contributed by atoms with Crippen molar-refractivity contribution < 1.29 is 42.1 Å². The minimum atomic E-state index is -4.40. The minimum absolute atomic E-state index is 0.0289. The van der Waals surface area contributed by atoms with Crippen molar-refractivity contribution in [3.8, 4) is 0 Å². The first-order valence-electron chi connectivity index (χ1n) is 41.9. The minimum Gasteiger partial charge on any atom is -0.462 e. The molecule has 0 aliphatic carbocycles. The third-order valence-corrected chi connectivity index (χ3v) is 19.1. The highest BCUT2D eigenvalue weighted by Gasteiger charge is 2.27. The van der Waals surface area contributed by atoms with Crippen LogP contribution >= 0.6 is 7.82 Å². The number of hydrogen-bond donors (Lipinski definition) is 1. The summed E-state index contributed by atoms with van der Waals surface area (Å²) in [4.78, 5) is 36.0. The van der Waals surface area contributed by atoms with Crippen LogP contribution in [0.4, 0.5) is 0 Å². The molecule has 0 aromatic carbocycles. The molecule has 0 fully saturated rings. The number of phosphoric acid groups is 1. The van der Waals surface area contributed by atoms with Crippen molar-refractivity contribution in [1.29, 1.82) is 0 Å². The van der Waals surface area contributed by atoms with Crippen LogP contribution in [0.2, 0.25) is 0 Å². The zero-order valence-corrected chi connectivity index (χ0v) is 66.8. The smallest absolute Gasteiger partial charge is 0.462 e. The van der Waals surface area contributed by atoms with Crippen molar-refractivity contribution in [2.45, 2.75) is 380 Å². The lowest BCUT2D eigenvalue weighted by molar-refractivity contribution is -0.870. The normalized spacial score (nSPS) is 13.7. The average Bonchev–Trinajstić information content (AvgIpc) is 1.07. The van der Waals surface area contributed by atoms with E-state index in [2.05, 4.69) is 148 Å². The highest BCUT2D eigenvalue weighted by molar-refractivity contribution is 7.47. The molecular formula is C90H159NO8P+. The molecule has 0 amide bonds. The number of unbranched alkanes of at least 4 members (excludes halogenated alkanes) is 41. The van der Waals surface area contributed by atoms with E-state index in [4.69, 9.17) is 18.5 Å². The van der Waals surface area contributed by atoms with Crippen molar-refractivity contribution in [2.75, 3.05) is 47.5 Å². The number of hydrogen-bond acceptors (Lipinski definition) is 7. The summed E-state index contributed by atoms with van der Waals surface area (Å²) in [7, 11) is 1.48. The summed E-state index contributed by atoms with van der Waals surface area (Å²) in [6, 6.07) is 0. The number of esters is 2. The molecule has 0 bridgehead atoms. The molecule has 0 saturated heterocycles. The number of phosphoric ester groups is 1. The lowest BCUT2D eigenvalue weighted by Crippen LogP contribution is -2.37. The van der Waals surface area contributed by atoms with E-state index in [1.54, 1.807) is 0 Å². The number of allylic oxidation sites excluding steroid dienone is 22. The summed E-state index contributed by atoms with van der Waals surface area (Å²) in [6.07, 6.45) is 116. The molecule has 0 heterocycles. The van der Waals surface area contributed by atoms with Crippen molar-refractivity contribution in [3.63, 3.8) is 0 Å². The molecule has 576 valence electrons. The molecule has 0 aliphatic heterocycles. The second-order valence-corrected chi connectivity index (χ2v) is 30.6. The molecule has 0 aliphatic rings. The number of rotatable bonds is 77. The van der Waals surface area contributed by atoms with Gasteiger partial charge in [-0.15, -0.1) is 0 Å². The lowest BCUT2D eigenvalue weighted by Gasteiger charge is -2.24. The molecule has 2 unspecified atom stereocenters. The van der Waals surface area contributed by atoms with Gasteiger partial charge in [-0.05, 0) is 116 Å². The molecule has 0 rings (SSSR count). The van der Waals surface area contributed by atoms with Gasteiger partial charge in [0.25, 0.3) is 0 Å². The second-order valence-electron chi connectivity index (χ2n) is 29.1. The van der Waals surface area contributed by atoms with Crippen LogP contribution in [0.25, 0.3) is 0 Å². The fourth-order valence-electron chi connectivity index (χ4n) is 11.8. The van der Waals surface area contributed by atoms with Gasteiger partial charge in [-0.3, -0.25) is 18.6 Å². The Labute approximate surface area is 619 Å². The number of carbonyl (C=O) groups is 2. The predicted octanol–water partition coefficient (Wildman–Crippen LogP) is 28.3. The maximum absolute atomic E-state index is 12.9. The molecule has 9 nitrogen and oxygen atoms in total. The van der Waals surface area contributed by atoms with Crippen molar-refractivity contribution in [3.05, 3.63) is 134 Å². The van der Waals surface area contributed by atoms with Crippen LogP contribution in [0, 0.1) is 0 Å². The topological polar surface area (TPSA) is 108 Å². The zero-order valence-electron chi connectivity index (χ0n) is 65.9. The fourth-order valence-corrected chi connectivity index (χ4v) is 12.6. The molecule has 0 aromatic heterocycles. The van der Waals surface area contributed by atoms with Crippen molar-refractivity contribution >= 4 is 19.8 Å². The molecule has 2 atom stereocenters. The molecule has 0 saturated carbocycles. The Balaban J connectivity index is 3.96. The highest BCUT2D eigenvalue weighted by Crippen LogP contribution is 2.43. The zero-order chi connectivity index (χ0) is 72.5. The predicted molar refractivity (Wildman–Crippen MR) is 436 cm³/mol. The van der Waals surface area contributed by atoms with Gasteiger partial charge in [0, 0.05) is 12.8 Å². The van der Waals surface area contributed by atoms with Gasteiger partial charge >= 0.3 is 19.8 Å². The van der Waals surface area contributed by atoms with E-state index in [-0.39, 0.29) is 32.0 Å². The molecule has 0 aromatic rings. The van der Waals surface area contributed by atoms with E-state index in [0.29, 0.717) is 17.4 Å². The average molecular weight is 1410 g/mol. The lowest BCUT2D eigenvalue weighted by atomic mass is 10.0. The summed E-state index contributed by atoms with van der Waals surface area (Å²) in [5, 5.41) is 0. The molecule has 100 heavy (non-hydrogen) atoms. The molecule has 10 heteroatoms. The summed E-state index contributed by atoms with van der Waals surface area (Å²) in [5.74, 6) is -0.787. The third-order valence-electron chi connectivity index (χ3n) is 18.2. The first kappa shape index (κ1) is 96.2. The Hall–Kier alpha value is -3.85. The Morgan fingerprint density at radius 2 is 0.570 bits per heavy atom. The number of likely N-dealkylation sites (N-methyl/N-ethyl adjacent to an activating group) is 1. The van der Waals surface area contributed by atoms with Crippen molar-refractivity contribution in [2.24, 2.45) is 0 Å². The van der Waals surface area contributed by atoms with Gasteiger partial charge < -0.3 is 18.9 Å². The summed E-state index contributed by atoms with van der Waals surface area (Å²) in [6.45, 7) is 4.35. The first-order valence-corrected chi connectivity index (χ1v) is 43.4. The third kappa shape index (κ3) is 83.1. The SMILES string of the molecule is CC/C=C\C/C=C\C/C=C\C/C=C\C/C=C\C/C=C\C/C=C\C/C=C\CCCCCCCCCCCCCCCCC(=O)OC(COC(=O)CCCCCCCCCCCCCCCCCCCCCCCC/C=C\C/C=C\C/C=C\CCCCCCC)COP(=O)(O)OCC[N+](C)(C)C. The van der Waals surface area contributed by atoms with Crippen LogP contribution in [0.1, 0.15) is 373 Å². The largest absolute Gasteiger partial charge is 0.472 e. The molecule has 0 radical (unpaired) electrons. The highest BCUT2D eigenvalue weighted by atomic mass is 31.2. The number of quaternary nitrogens is 1. The maximum atomic E-state index is 12.9. The van der Waals surface area contributed by atoms with Crippen LogP contribution in [-0.4, -0.2) is 74.9 Å². The second kappa shape index (κ2) is 79.3. The van der Waals surface area contributed by atoms with Crippen LogP contribution < -0.4 is 0 Å². The number of nitrogens with zero attached hydrogens (tertiary/aromatic N) is 1. The molecular weight excluding hydrogens is 1250 g/mol. The Bertz CT molecular complexity index is 2160. The van der Waals surface area contributed by atoms with E-state index in [9.17, 15) is 19.0 Å². The standard InChI is InChI=1S/C90H158NO8P/c1-6-8-10-12-14-16-18-20-22-24-26-28-30-32-34-36-38-40-42-44-45-47-49-51-53-55-57-59-61-63-65-67-69-71-73-75-77-79-81-83-90(93)99-88(87-98-100(94,95)97-85-84-91(3,4)5)86-96-89(92)82-80-78-76-74-72-70-68-66-64-62-60-58-56-54-52-50-48-46-43-41-39-37-35-33-31-29-27-25-23-21-19-17-15-13-11-9-7-2/h8,10,14,16,19-22,25-28,31-34,38,40,44-45,49,51,88H,6-7,9,11-13,15,17-18,23-24,29-30,35-37,39,41-43,46-48,50,52-87H2,1-5H3/p+1/b10-8-,16-14-,21-19-,22-20-,27-25-,28-26-,33-31-,34-32-,40-38-,45-44-,51-49-. The maximum Gasteiger partial charge on any atom is 0.472 e. The van der Waals surface area contributed by atoms with Crippen LogP contribution in [0.5, 0.6) is 0 Å². The van der Waals surface area contributed by atoms with Crippen LogP contribution in [0.15, 0.2) is 134 Å². The quantitative estimate of drug-likeness (QED) is 0.0211. The van der Waals surface area contributed by atoms with Gasteiger partial charge in [-0.2, -0.15) is 0 Å². The van der Waals surface area contributed by atoms with Gasteiger partial charge in [0.05, 0.1) is 27.7 Å². The summed E-state index contributed by atoms with van der Waals surface area (Å²) >= 11 is 0. The number of ether oxygens (including phenoxy) is 2. The number of carbonyl (C=O) groups excluding carboxylic acids is 2. The van der Waals surface area contributed by atoms with E-state index in [1.165, 1.54) is 238 Å². The molecule has 1 N–H and O–H groups in total. The van der Waals surface area contributed by atoms with Crippen LogP contribution in [-0.2, 0) is 32.7 Å². The van der Waals surface area contributed by atoms with Crippen molar-refractivity contribution in [1.82, 2.24) is 0 Å². The van der Waals surface area contributed by atoms with Crippen LogP contribution in [0.3, 0.4) is 0 Å². The van der Waals surface area contributed by atoms with E-state index < -0.39 is 26.5 Å². The summed E-state index contributed by atoms with van der Waals surface area (Å²) < 4.78 is 34.9. The fraction of sp³-hybridized carbons (Fsp3) is 0.733. The molecule has 0 spiro atoms. The van der Waals surface area contributed by atoms with Gasteiger partial charge in [0.2, 0.25) is 0 Å². The van der Waals surface area contributed by atoms with Gasteiger partial charge in [0.1, 0.15) is 19.8 Å². The van der Waals surface area contributed by atoms with Gasteiger partial charge in [-0.1, -0.05) is 379 Å². The monoisotopic (exact) mass is 1410 g/mol. The van der Waals surface area contributed by atoms with Gasteiger partial charge in [0.15, 0.2) is 6.10 Å². The summed E-state index contributed by atoms with van der Waals surface area (Å²) in [5.41, 5.74) is 0. The Kier molecular flexibility index (Phi) is 76.2. The van der Waals surface area contributed by atoms with E-state index in [0.717, 1.165) is 103 Å². The van der Waals surface area contributed by atoms with E-state index >= 15 is 0 Å². The van der Waals surface area contributed by atoms with Gasteiger partial charge in [-0.25, -0.2) is 4.57 Å². The first-order chi connectivity index (χ1) is 49.0. The Morgan fingerprint density at radius 1 is 0.320 bits per heavy atom. The van der Waals surface area contributed by atoms with E-state index in [1.807, 2.05) is 21.1 Å². The Morgan fingerprint density at radius 3 is 0.850 bits per heavy atom.